The van der Waals surface area contributed by atoms with E-state index in [-0.39, 0.29) is 11.4 Å². The third kappa shape index (κ3) is 5.49. The van der Waals surface area contributed by atoms with E-state index in [1.807, 2.05) is 43.3 Å². The fourth-order valence-corrected chi connectivity index (χ4v) is 3.95. The first-order valence-corrected chi connectivity index (χ1v) is 10.6. The van der Waals surface area contributed by atoms with Gasteiger partial charge in [0.05, 0.1) is 11.4 Å². The summed E-state index contributed by atoms with van der Waals surface area (Å²) < 4.78 is 26.2. The molecule has 0 atom stereocenters. The van der Waals surface area contributed by atoms with E-state index >= 15 is 0 Å². The van der Waals surface area contributed by atoms with Crippen LogP contribution in [0, 0.1) is 6.92 Å². The van der Waals surface area contributed by atoms with Crippen LogP contribution in [0.5, 0.6) is 0 Å². The van der Waals surface area contributed by atoms with Gasteiger partial charge in [-0.05, 0) is 60.9 Å². The summed E-state index contributed by atoms with van der Waals surface area (Å²) in [4.78, 5) is 16.5. The fourth-order valence-electron chi connectivity index (χ4n) is 2.82. The number of amides is 1. The standard InChI is InChI=1S/C22H23N3O3S/c1-17-3-9-21(10-4-17)29(27,28)25(2)16-22(26)24-20-7-5-18(6-8-20)15-19-11-13-23-14-12-19/h3-14H,15-16H2,1-2H3,(H,24,26). The van der Waals surface area contributed by atoms with Crippen LogP contribution in [0.25, 0.3) is 0 Å². The number of pyridine rings is 1. The molecule has 1 amide bonds. The maximum atomic E-state index is 12.6. The number of nitrogens with zero attached hydrogens (tertiary/aromatic N) is 2. The van der Waals surface area contributed by atoms with Gasteiger partial charge in [0.15, 0.2) is 0 Å². The number of rotatable bonds is 7. The molecule has 1 N–H and O–H groups in total. The second-order valence-electron chi connectivity index (χ2n) is 6.85. The lowest BCUT2D eigenvalue weighted by Gasteiger charge is -2.17. The first-order chi connectivity index (χ1) is 13.8. The molecule has 0 aliphatic carbocycles. The van der Waals surface area contributed by atoms with E-state index in [4.69, 9.17) is 0 Å². The summed E-state index contributed by atoms with van der Waals surface area (Å²) in [5.74, 6) is -0.398. The number of anilines is 1. The van der Waals surface area contributed by atoms with E-state index in [1.165, 1.54) is 7.05 Å². The molecule has 150 valence electrons. The van der Waals surface area contributed by atoms with Crippen molar-refractivity contribution < 1.29 is 13.2 Å². The molecule has 0 aliphatic heterocycles. The lowest BCUT2D eigenvalue weighted by Crippen LogP contribution is -2.34. The van der Waals surface area contributed by atoms with Crippen LogP contribution in [-0.4, -0.2) is 37.2 Å². The summed E-state index contributed by atoms with van der Waals surface area (Å²) in [7, 11) is -2.32. The van der Waals surface area contributed by atoms with Crippen molar-refractivity contribution in [2.45, 2.75) is 18.2 Å². The van der Waals surface area contributed by atoms with E-state index in [9.17, 15) is 13.2 Å². The van der Waals surface area contributed by atoms with E-state index in [0.29, 0.717) is 5.69 Å². The number of hydrogen-bond donors (Lipinski definition) is 1. The van der Waals surface area contributed by atoms with Crippen LogP contribution >= 0.6 is 0 Å². The summed E-state index contributed by atoms with van der Waals surface area (Å²) in [6, 6.07) is 17.9. The smallest absolute Gasteiger partial charge is 0.243 e. The van der Waals surface area contributed by atoms with Crippen LogP contribution < -0.4 is 5.32 Å². The molecule has 29 heavy (non-hydrogen) atoms. The third-order valence-electron chi connectivity index (χ3n) is 4.49. The molecule has 1 heterocycles. The zero-order valence-electron chi connectivity index (χ0n) is 16.4. The van der Waals surface area contributed by atoms with Gasteiger partial charge in [-0.2, -0.15) is 4.31 Å². The van der Waals surface area contributed by atoms with Crippen molar-refractivity contribution in [3.05, 3.63) is 89.7 Å². The number of hydrogen-bond acceptors (Lipinski definition) is 4. The van der Waals surface area contributed by atoms with E-state index < -0.39 is 15.9 Å². The van der Waals surface area contributed by atoms with Crippen LogP contribution in [0.2, 0.25) is 0 Å². The maximum absolute atomic E-state index is 12.6. The van der Waals surface area contributed by atoms with E-state index in [2.05, 4.69) is 10.3 Å². The quantitative estimate of drug-likeness (QED) is 0.650. The van der Waals surface area contributed by atoms with Gasteiger partial charge in [-0.3, -0.25) is 9.78 Å². The number of sulfonamides is 1. The summed E-state index contributed by atoms with van der Waals surface area (Å²) in [6.45, 7) is 1.62. The van der Waals surface area contributed by atoms with Gasteiger partial charge in [0.1, 0.15) is 0 Å². The van der Waals surface area contributed by atoms with Crippen molar-refractivity contribution in [3.63, 3.8) is 0 Å². The SMILES string of the molecule is Cc1ccc(S(=O)(=O)N(C)CC(=O)Nc2ccc(Cc3ccncc3)cc2)cc1. The number of aromatic nitrogens is 1. The molecule has 0 radical (unpaired) electrons. The Balaban J connectivity index is 1.59. The molecule has 0 aliphatic rings. The topological polar surface area (TPSA) is 79.4 Å². The highest BCUT2D eigenvalue weighted by Gasteiger charge is 2.22. The zero-order chi connectivity index (χ0) is 20.9. The van der Waals surface area contributed by atoms with Gasteiger partial charge in [-0.25, -0.2) is 8.42 Å². The molecule has 1 aromatic heterocycles. The molecule has 0 saturated heterocycles. The van der Waals surface area contributed by atoms with Crippen LogP contribution in [0.4, 0.5) is 5.69 Å². The van der Waals surface area contributed by atoms with Crippen LogP contribution in [-0.2, 0) is 21.2 Å². The number of carbonyl (C=O) groups is 1. The van der Waals surface area contributed by atoms with Crippen molar-refractivity contribution in [2.24, 2.45) is 0 Å². The Kier molecular flexibility index (Phi) is 6.41. The van der Waals surface area contributed by atoms with Gasteiger partial charge < -0.3 is 5.32 Å². The van der Waals surface area contributed by atoms with Gasteiger partial charge in [0.2, 0.25) is 15.9 Å². The molecule has 3 rings (SSSR count). The van der Waals surface area contributed by atoms with Gasteiger partial charge in [0, 0.05) is 25.1 Å². The van der Waals surface area contributed by atoms with Gasteiger partial charge in [-0.15, -0.1) is 0 Å². The highest BCUT2D eigenvalue weighted by molar-refractivity contribution is 7.89. The summed E-state index contributed by atoms with van der Waals surface area (Å²) in [6.07, 6.45) is 4.28. The lowest BCUT2D eigenvalue weighted by molar-refractivity contribution is -0.116. The minimum absolute atomic E-state index is 0.166. The Morgan fingerprint density at radius 1 is 0.931 bits per heavy atom. The predicted octanol–water partition coefficient (Wildman–Crippen LogP) is 3.24. The van der Waals surface area contributed by atoms with Crippen LogP contribution in [0.1, 0.15) is 16.7 Å². The number of nitrogens with one attached hydrogen (secondary N) is 1. The molecule has 0 fully saturated rings. The highest BCUT2D eigenvalue weighted by atomic mass is 32.2. The maximum Gasteiger partial charge on any atom is 0.243 e. The fraction of sp³-hybridized carbons (Fsp3) is 0.182. The number of likely N-dealkylation sites (N-methyl/N-ethyl adjacent to an activating group) is 1. The molecule has 0 unspecified atom stereocenters. The Bertz CT molecular complexity index is 1060. The molecule has 0 saturated carbocycles. The predicted molar refractivity (Wildman–Crippen MR) is 113 cm³/mol. The van der Waals surface area contributed by atoms with E-state index in [0.717, 1.165) is 27.4 Å². The average Bonchev–Trinajstić information content (AvgIpc) is 2.70. The summed E-state index contributed by atoms with van der Waals surface area (Å²) >= 11 is 0. The molecule has 6 nitrogen and oxygen atoms in total. The van der Waals surface area contributed by atoms with Gasteiger partial charge in [-0.1, -0.05) is 29.8 Å². The first kappa shape index (κ1) is 20.7. The molecular formula is C22H23N3O3S. The largest absolute Gasteiger partial charge is 0.325 e. The van der Waals surface area contributed by atoms with Crippen molar-refractivity contribution in [2.75, 3.05) is 18.9 Å². The minimum Gasteiger partial charge on any atom is -0.325 e. The Hall–Kier alpha value is -3.03. The van der Waals surface area contributed by atoms with Crippen LogP contribution in [0.3, 0.4) is 0 Å². The Morgan fingerprint density at radius 2 is 1.52 bits per heavy atom. The second-order valence-corrected chi connectivity index (χ2v) is 8.90. The molecular weight excluding hydrogens is 386 g/mol. The molecule has 2 aromatic carbocycles. The minimum atomic E-state index is -3.72. The summed E-state index contributed by atoms with van der Waals surface area (Å²) in [5, 5.41) is 2.74. The Morgan fingerprint density at radius 3 is 2.14 bits per heavy atom. The first-order valence-electron chi connectivity index (χ1n) is 9.15. The van der Waals surface area contributed by atoms with Gasteiger partial charge in [0.25, 0.3) is 0 Å². The van der Waals surface area contributed by atoms with Crippen molar-refractivity contribution in [1.29, 1.82) is 0 Å². The normalized spacial score (nSPS) is 11.4. The van der Waals surface area contributed by atoms with Gasteiger partial charge >= 0.3 is 0 Å². The molecule has 0 spiro atoms. The number of aryl methyl sites for hydroxylation is 1. The van der Waals surface area contributed by atoms with Crippen molar-refractivity contribution >= 4 is 21.6 Å². The molecule has 7 heteroatoms. The van der Waals surface area contributed by atoms with Crippen LogP contribution in [0.15, 0.2) is 78.0 Å². The second kappa shape index (κ2) is 8.98. The zero-order valence-corrected chi connectivity index (χ0v) is 17.2. The number of benzene rings is 2. The monoisotopic (exact) mass is 409 g/mol. The number of carbonyl (C=O) groups excluding carboxylic acids is 1. The third-order valence-corrected chi connectivity index (χ3v) is 6.31. The molecule has 3 aromatic rings. The van der Waals surface area contributed by atoms with Crippen molar-refractivity contribution in [3.8, 4) is 0 Å². The Labute approximate surface area is 171 Å². The highest BCUT2D eigenvalue weighted by Crippen LogP contribution is 2.16. The average molecular weight is 410 g/mol. The molecule has 0 bridgehead atoms. The van der Waals surface area contributed by atoms with E-state index in [1.54, 1.807) is 36.7 Å². The lowest BCUT2D eigenvalue weighted by atomic mass is 10.1. The van der Waals surface area contributed by atoms with Crippen molar-refractivity contribution in [1.82, 2.24) is 9.29 Å². The summed E-state index contributed by atoms with van der Waals surface area (Å²) in [5.41, 5.74) is 3.85.